The van der Waals surface area contributed by atoms with Gasteiger partial charge in [-0.15, -0.1) is 0 Å². The van der Waals surface area contributed by atoms with Crippen molar-refractivity contribution < 1.29 is 9.53 Å². The van der Waals surface area contributed by atoms with Crippen molar-refractivity contribution in [1.82, 2.24) is 19.7 Å². The summed E-state index contributed by atoms with van der Waals surface area (Å²) >= 11 is 0. The van der Waals surface area contributed by atoms with Gasteiger partial charge in [-0.05, 0) is 30.0 Å². The molecule has 1 aliphatic heterocycles. The second-order valence-corrected chi connectivity index (χ2v) is 5.83. The molecule has 1 aromatic carbocycles. The molecule has 1 aliphatic rings. The third kappa shape index (κ3) is 3.21. The van der Waals surface area contributed by atoms with Crippen LogP contribution in [0.15, 0.2) is 55.2 Å². The van der Waals surface area contributed by atoms with Crippen molar-refractivity contribution in [2.45, 2.75) is 18.8 Å². The summed E-state index contributed by atoms with van der Waals surface area (Å²) in [6.07, 6.45) is 7.65. The number of para-hydroxylation sites is 1. The van der Waals surface area contributed by atoms with E-state index in [0.717, 1.165) is 17.7 Å². The van der Waals surface area contributed by atoms with Gasteiger partial charge in [0.15, 0.2) is 5.82 Å². The molecular formula is C18H17N5O2. The predicted molar refractivity (Wildman–Crippen MR) is 91.7 cm³/mol. The van der Waals surface area contributed by atoms with Crippen LogP contribution in [0.1, 0.15) is 24.3 Å². The van der Waals surface area contributed by atoms with Crippen molar-refractivity contribution in [2.75, 3.05) is 11.9 Å². The van der Waals surface area contributed by atoms with E-state index in [2.05, 4.69) is 20.4 Å². The lowest BCUT2D eigenvalue weighted by atomic mass is 9.90. The van der Waals surface area contributed by atoms with Crippen molar-refractivity contribution in [3.05, 3.63) is 60.8 Å². The Morgan fingerprint density at radius 3 is 3.12 bits per heavy atom. The molecule has 7 nitrogen and oxygen atoms in total. The molecule has 1 atom stereocenters. The lowest BCUT2D eigenvalue weighted by Gasteiger charge is -2.25. The smallest absolute Gasteiger partial charge is 0.225 e. The van der Waals surface area contributed by atoms with Gasteiger partial charge in [0.1, 0.15) is 17.8 Å². The second-order valence-electron chi connectivity index (χ2n) is 5.83. The summed E-state index contributed by atoms with van der Waals surface area (Å²) < 4.78 is 7.26. The van der Waals surface area contributed by atoms with Gasteiger partial charge in [-0.25, -0.2) is 14.6 Å². The molecule has 1 N–H and O–H groups in total. The zero-order valence-electron chi connectivity index (χ0n) is 13.5. The van der Waals surface area contributed by atoms with Crippen LogP contribution in [0.25, 0.3) is 5.82 Å². The zero-order chi connectivity index (χ0) is 17.1. The van der Waals surface area contributed by atoms with Crippen LogP contribution < -0.4 is 10.1 Å². The summed E-state index contributed by atoms with van der Waals surface area (Å²) in [4.78, 5) is 20.8. The minimum Gasteiger partial charge on any atom is -0.493 e. The summed E-state index contributed by atoms with van der Waals surface area (Å²) in [7, 11) is 0. The zero-order valence-corrected chi connectivity index (χ0v) is 13.5. The maximum absolute atomic E-state index is 12.6. The molecule has 0 saturated carbocycles. The maximum atomic E-state index is 12.6. The Hall–Kier alpha value is -3.22. The molecule has 1 unspecified atom stereocenters. The van der Waals surface area contributed by atoms with Gasteiger partial charge < -0.3 is 10.1 Å². The minimum absolute atomic E-state index is 0.0788. The van der Waals surface area contributed by atoms with Crippen molar-refractivity contribution in [3.63, 3.8) is 0 Å². The number of ether oxygens (including phenoxy) is 1. The fraction of sp³-hybridized carbons (Fsp3) is 0.222. The highest BCUT2D eigenvalue weighted by molar-refractivity contribution is 5.92. The summed E-state index contributed by atoms with van der Waals surface area (Å²) in [5.74, 6) is 1.47. The van der Waals surface area contributed by atoms with Gasteiger partial charge in [-0.3, -0.25) is 4.79 Å². The first kappa shape index (κ1) is 15.3. The monoisotopic (exact) mass is 335 g/mol. The molecule has 0 fully saturated rings. The molecule has 0 radical (unpaired) electrons. The van der Waals surface area contributed by atoms with Crippen LogP contribution in [0.3, 0.4) is 0 Å². The number of fused-ring (bicyclic) bond motifs is 1. The van der Waals surface area contributed by atoms with E-state index >= 15 is 0 Å². The Bertz CT molecular complexity index is 879. The summed E-state index contributed by atoms with van der Waals surface area (Å²) in [6, 6.07) is 9.68. The van der Waals surface area contributed by atoms with E-state index in [0.29, 0.717) is 24.5 Å². The van der Waals surface area contributed by atoms with Gasteiger partial charge in [0.2, 0.25) is 5.91 Å². The van der Waals surface area contributed by atoms with Gasteiger partial charge in [0.05, 0.1) is 12.8 Å². The van der Waals surface area contributed by atoms with Crippen molar-refractivity contribution >= 4 is 11.6 Å². The Morgan fingerprint density at radius 2 is 2.24 bits per heavy atom. The standard InChI is InChI=1S/C18H17N5O2/c24-17(10-13-6-9-25-16-5-2-1-4-14(13)16)22-15-11-19-12-20-18(15)23-8-3-7-21-23/h1-5,7-8,11-13H,6,9-10H2,(H,22,24). The first-order valence-corrected chi connectivity index (χ1v) is 8.13. The topological polar surface area (TPSA) is 81.9 Å². The number of nitrogens with zero attached hydrogens (tertiary/aromatic N) is 4. The van der Waals surface area contributed by atoms with Crippen LogP contribution in [0, 0.1) is 0 Å². The average molecular weight is 335 g/mol. The largest absolute Gasteiger partial charge is 0.493 e. The number of rotatable bonds is 4. The molecule has 0 aliphatic carbocycles. The lowest BCUT2D eigenvalue weighted by molar-refractivity contribution is -0.116. The normalized spacial score (nSPS) is 15.9. The van der Waals surface area contributed by atoms with Gasteiger partial charge in [-0.1, -0.05) is 18.2 Å². The summed E-state index contributed by atoms with van der Waals surface area (Å²) in [5, 5.41) is 7.07. The van der Waals surface area contributed by atoms with Crippen LogP contribution in [0.5, 0.6) is 5.75 Å². The third-order valence-electron chi connectivity index (χ3n) is 4.20. The van der Waals surface area contributed by atoms with Crippen LogP contribution in [-0.4, -0.2) is 32.3 Å². The fourth-order valence-electron chi connectivity index (χ4n) is 3.04. The van der Waals surface area contributed by atoms with Crippen molar-refractivity contribution in [1.29, 1.82) is 0 Å². The van der Waals surface area contributed by atoms with E-state index in [9.17, 15) is 4.79 Å². The van der Waals surface area contributed by atoms with Crippen LogP contribution >= 0.6 is 0 Å². The number of nitrogens with one attached hydrogen (secondary N) is 1. The maximum Gasteiger partial charge on any atom is 0.225 e. The van der Waals surface area contributed by atoms with Gasteiger partial charge >= 0.3 is 0 Å². The Kier molecular flexibility index (Phi) is 4.12. The first-order chi connectivity index (χ1) is 12.3. The first-order valence-electron chi connectivity index (χ1n) is 8.13. The number of aromatic nitrogens is 4. The van der Waals surface area contributed by atoms with Crippen LogP contribution in [0.2, 0.25) is 0 Å². The van der Waals surface area contributed by atoms with Crippen molar-refractivity contribution in [2.24, 2.45) is 0 Å². The number of amides is 1. The second kappa shape index (κ2) is 6.72. The van der Waals surface area contributed by atoms with Crippen molar-refractivity contribution in [3.8, 4) is 11.6 Å². The fourth-order valence-corrected chi connectivity index (χ4v) is 3.04. The third-order valence-corrected chi connectivity index (χ3v) is 4.20. The van der Waals surface area contributed by atoms with Gasteiger partial charge in [0.25, 0.3) is 0 Å². The molecule has 0 bridgehead atoms. The highest BCUT2D eigenvalue weighted by atomic mass is 16.5. The van der Waals surface area contributed by atoms with E-state index < -0.39 is 0 Å². The van der Waals surface area contributed by atoms with E-state index in [-0.39, 0.29) is 11.8 Å². The molecule has 4 rings (SSSR count). The highest BCUT2D eigenvalue weighted by Crippen LogP contribution is 2.35. The molecule has 0 spiro atoms. The molecule has 3 heterocycles. The number of hydrogen-bond donors (Lipinski definition) is 1. The van der Waals surface area contributed by atoms with Gasteiger partial charge in [-0.2, -0.15) is 5.10 Å². The summed E-state index contributed by atoms with van der Waals surface area (Å²) in [6.45, 7) is 0.627. The number of hydrogen-bond acceptors (Lipinski definition) is 5. The summed E-state index contributed by atoms with van der Waals surface area (Å²) in [5.41, 5.74) is 1.62. The molecule has 7 heteroatoms. The SMILES string of the molecule is O=C(CC1CCOc2ccccc21)Nc1cncnc1-n1cccn1. The number of benzene rings is 1. The molecule has 0 saturated heterocycles. The quantitative estimate of drug-likeness (QED) is 0.792. The van der Waals surface area contributed by atoms with Crippen LogP contribution in [-0.2, 0) is 4.79 Å². The number of anilines is 1. The van der Waals surface area contributed by atoms with E-state index in [1.165, 1.54) is 6.33 Å². The molecule has 3 aromatic rings. The van der Waals surface area contributed by atoms with Gasteiger partial charge in [0, 0.05) is 18.8 Å². The van der Waals surface area contributed by atoms with E-state index in [1.54, 1.807) is 29.3 Å². The van der Waals surface area contributed by atoms with Crippen LogP contribution in [0.4, 0.5) is 5.69 Å². The average Bonchev–Trinajstić information content (AvgIpc) is 3.17. The lowest BCUT2D eigenvalue weighted by Crippen LogP contribution is -2.21. The number of carbonyl (C=O) groups is 1. The Balaban J connectivity index is 1.51. The predicted octanol–water partition coefficient (Wildman–Crippen LogP) is 2.56. The molecule has 126 valence electrons. The molecule has 25 heavy (non-hydrogen) atoms. The Morgan fingerprint density at radius 1 is 1.32 bits per heavy atom. The molecular weight excluding hydrogens is 318 g/mol. The van der Waals surface area contributed by atoms with E-state index in [4.69, 9.17) is 4.74 Å². The molecule has 1 amide bonds. The minimum atomic E-state index is -0.0788. The highest BCUT2D eigenvalue weighted by Gasteiger charge is 2.24. The van der Waals surface area contributed by atoms with E-state index in [1.807, 2.05) is 24.3 Å². The Labute approximate surface area is 144 Å². The molecule has 2 aromatic heterocycles. The number of carbonyl (C=O) groups excluding carboxylic acids is 1.